The van der Waals surface area contributed by atoms with Gasteiger partial charge in [0.05, 0.1) is 0 Å². The van der Waals surface area contributed by atoms with Gasteiger partial charge in [-0.15, -0.1) is 0 Å². The number of rotatable bonds is 7. The van der Waals surface area contributed by atoms with E-state index >= 15 is 0 Å². The van der Waals surface area contributed by atoms with Gasteiger partial charge in [-0.25, -0.2) is 0 Å². The van der Waals surface area contributed by atoms with Gasteiger partial charge < -0.3 is 10.4 Å². The maximum atomic E-state index is 9.37. The molecule has 0 aromatic rings. The van der Waals surface area contributed by atoms with Gasteiger partial charge in [-0.1, -0.05) is 33.6 Å². The summed E-state index contributed by atoms with van der Waals surface area (Å²) in [7, 11) is 0. The van der Waals surface area contributed by atoms with Crippen LogP contribution < -0.4 is 5.32 Å². The SMILES string of the molecule is CCC(=O)O.CCCC(C)NC(C)CCC. The van der Waals surface area contributed by atoms with Gasteiger partial charge in [0.25, 0.3) is 0 Å². The highest BCUT2D eigenvalue weighted by molar-refractivity contribution is 5.66. The summed E-state index contributed by atoms with van der Waals surface area (Å²) in [4.78, 5) is 9.37. The quantitative estimate of drug-likeness (QED) is 0.705. The van der Waals surface area contributed by atoms with Crippen molar-refractivity contribution in [1.29, 1.82) is 0 Å². The molecule has 0 aliphatic heterocycles. The highest BCUT2D eigenvalue weighted by atomic mass is 16.4. The van der Waals surface area contributed by atoms with E-state index in [1.54, 1.807) is 6.92 Å². The molecule has 0 bridgehead atoms. The summed E-state index contributed by atoms with van der Waals surface area (Å²) < 4.78 is 0. The Balaban J connectivity index is 0. The van der Waals surface area contributed by atoms with E-state index in [1.165, 1.54) is 25.7 Å². The van der Waals surface area contributed by atoms with E-state index in [4.69, 9.17) is 5.11 Å². The molecule has 0 saturated carbocycles. The maximum absolute atomic E-state index is 9.37. The molecule has 0 radical (unpaired) electrons. The Morgan fingerprint density at radius 1 is 1.06 bits per heavy atom. The monoisotopic (exact) mass is 231 g/mol. The normalized spacial score (nSPS) is 13.6. The van der Waals surface area contributed by atoms with Gasteiger partial charge in [-0.05, 0) is 26.7 Å². The van der Waals surface area contributed by atoms with Crippen molar-refractivity contribution in [2.24, 2.45) is 0 Å². The molecule has 3 heteroatoms. The first-order chi connectivity index (χ1) is 7.47. The molecule has 3 nitrogen and oxygen atoms in total. The molecule has 0 fully saturated rings. The van der Waals surface area contributed by atoms with Crippen LogP contribution in [0.4, 0.5) is 0 Å². The van der Waals surface area contributed by atoms with Gasteiger partial charge in [0.15, 0.2) is 0 Å². The molecule has 98 valence electrons. The fourth-order valence-corrected chi connectivity index (χ4v) is 1.52. The fourth-order valence-electron chi connectivity index (χ4n) is 1.52. The molecule has 0 heterocycles. The molecule has 0 aromatic heterocycles. The third-order valence-corrected chi connectivity index (χ3v) is 2.31. The number of aliphatic carboxylic acids is 1. The summed E-state index contributed by atoms with van der Waals surface area (Å²) in [6, 6.07) is 1.39. The predicted octanol–water partition coefficient (Wildman–Crippen LogP) is 3.43. The Morgan fingerprint density at radius 2 is 1.38 bits per heavy atom. The summed E-state index contributed by atoms with van der Waals surface area (Å²) in [5.74, 6) is -0.745. The second-order valence-corrected chi connectivity index (χ2v) is 4.29. The molecule has 16 heavy (non-hydrogen) atoms. The molecule has 2 unspecified atom stereocenters. The number of hydrogen-bond donors (Lipinski definition) is 2. The lowest BCUT2D eigenvalue weighted by atomic mass is 10.1. The largest absolute Gasteiger partial charge is 0.481 e. The number of nitrogens with one attached hydrogen (secondary N) is 1. The van der Waals surface area contributed by atoms with Gasteiger partial charge in [0.1, 0.15) is 0 Å². The molecule has 0 aliphatic rings. The summed E-state index contributed by atoms with van der Waals surface area (Å²) in [5, 5.41) is 11.3. The van der Waals surface area contributed by atoms with Crippen LogP contribution in [0.5, 0.6) is 0 Å². The maximum Gasteiger partial charge on any atom is 0.303 e. The first kappa shape index (κ1) is 17.8. The summed E-state index contributed by atoms with van der Waals surface area (Å²) >= 11 is 0. The second kappa shape index (κ2) is 12.5. The van der Waals surface area contributed by atoms with Crippen molar-refractivity contribution in [3.63, 3.8) is 0 Å². The van der Waals surface area contributed by atoms with Gasteiger partial charge >= 0.3 is 5.97 Å². The van der Waals surface area contributed by atoms with Crippen LogP contribution in [0.2, 0.25) is 0 Å². The van der Waals surface area contributed by atoms with Gasteiger partial charge in [-0.3, -0.25) is 4.79 Å². The average Bonchev–Trinajstić information content (AvgIpc) is 2.19. The Bertz CT molecular complexity index is 150. The van der Waals surface area contributed by atoms with Crippen LogP contribution in [-0.2, 0) is 4.79 Å². The first-order valence-corrected chi connectivity index (χ1v) is 6.45. The zero-order valence-corrected chi connectivity index (χ0v) is 11.5. The van der Waals surface area contributed by atoms with Gasteiger partial charge in [-0.2, -0.15) is 0 Å². The van der Waals surface area contributed by atoms with Crippen molar-refractivity contribution in [2.75, 3.05) is 0 Å². The zero-order chi connectivity index (χ0) is 13.0. The van der Waals surface area contributed by atoms with E-state index in [1.807, 2.05) is 0 Å². The number of carboxylic acid groups (broad SMARTS) is 1. The molecule has 0 aliphatic carbocycles. The third-order valence-electron chi connectivity index (χ3n) is 2.31. The summed E-state index contributed by atoms with van der Waals surface area (Å²) in [5.41, 5.74) is 0. The lowest BCUT2D eigenvalue weighted by Gasteiger charge is -2.18. The molecular weight excluding hydrogens is 202 g/mol. The van der Waals surface area contributed by atoms with E-state index in [-0.39, 0.29) is 6.42 Å². The van der Waals surface area contributed by atoms with Gasteiger partial charge in [0.2, 0.25) is 0 Å². The number of carboxylic acids is 1. The van der Waals surface area contributed by atoms with E-state index in [0.29, 0.717) is 12.1 Å². The Labute approximate surface area is 101 Å². The smallest absolute Gasteiger partial charge is 0.303 e. The molecule has 0 aromatic carbocycles. The van der Waals surface area contributed by atoms with E-state index in [9.17, 15) is 4.79 Å². The minimum absolute atomic E-state index is 0.222. The number of carbonyl (C=O) groups is 1. The van der Waals surface area contributed by atoms with Crippen LogP contribution in [0.3, 0.4) is 0 Å². The first-order valence-electron chi connectivity index (χ1n) is 6.45. The van der Waals surface area contributed by atoms with Crippen molar-refractivity contribution >= 4 is 5.97 Å². The molecular formula is C13H29NO2. The lowest BCUT2D eigenvalue weighted by molar-refractivity contribution is -0.136. The van der Waals surface area contributed by atoms with Crippen LogP contribution in [0, 0.1) is 0 Å². The topological polar surface area (TPSA) is 49.3 Å². The average molecular weight is 231 g/mol. The van der Waals surface area contributed by atoms with Crippen LogP contribution in [-0.4, -0.2) is 23.2 Å². The van der Waals surface area contributed by atoms with E-state index in [2.05, 4.69) is 33.0 Å². The minimum Gasteiger partial charge on any atom is -0.481 e. The molecule has 0 spiro atoms. The Kier molecular flexibility index (Phi) is 13.9. The Hall–Kier alpha value is -0.570. The van der Waals surface area contributed by atoms with E-state index < -0.39 is 5.97 Å². The summed E-state index contributed by atoms with van der Waals surface area (Å²) in [6.07, 6.45) is 5.39. The molecule has 0 saturated heterocycles. The summed E-state index contributed by atoms with van der Waals surface area (Å²) in [6.45, 7) is 10.6. The molecule has 0 rings (SSSR count). The van der Waals surface area contributed by atoms with E-state index in [0.717, 1.165) is 0 Å². The Morgan fingerprint density at radius 3 is 1.56 bits per heavy atom. The van der Waals surface area contributed by atoms with Crippen molar-refractivity contribution < 1.29 is 9.90 Å². The standard InChI is InChI=1S/C10H23N.C3H6O2/c1-5-7-9(3)11-10(4)8-6-2;1-2-3(4)5/h9-11H,5-8H2,1-4H3;2H2,1H3,(H,4,5). The minimum atomic E-state index is -0.745. The third kappa shape index (κ3) is 15.9. The lowest BCUT2D eigenvalue weighted by Crippen LogP contribution is -2.34. The van der Waals surface area contributed by atoms with Crippen LogP contribution in [0.1, 0.15) is 66.7 Å². The van der Waals surface area contributed by atoms with Gasteiger partial charge in [0, 0.05) is 18.5 Å². The van der Waals surface area contributed by atoms with Crippen molar-refractivity contribution in [1.82, 2.24) is 5.32 Å². The number of hydrogen-bond acceptors (Lipinski definition) is 2. The van der Waals surface area contributed by atoms with Crippen LogP contribution >= 0.6 is 0 Å². The predicted molar refractivity (Wildman–Crippen MR) is 69.8 cm³/mol. The molecule has 2 N–H and O–H groups in total. The molecule has 2 atom stereocenters. The van der Waals surface area contributed by atoms with Crippen molar-refractivity contribution in [3.05, 3.63) is 0 Å². The highest BCUT2D eigenvalue weighted by Crippen LogP contribution is 2.00. The fraction of sp³-hybridized carbons (Fsp3) is 0.923. The van der Waals surface area contributed by atoms with Crippen LogP contribution in [0.25, 0.3) is 0 Å². The highest BCUT2D eigenvalue weighted by Gasteiger charge is 2.04. The van der Waals surface area contributed by atoms with Crippen molar-refractivity contribution in [3.8, 4) is 0 Å². The zero-order valence-electron chi connectivity index (χ0n) is 11.5. The van der Waals surface area contributed by atoms with Crippen LogP contribution in [0.15, 0.2) is 0 Å². The molecule has 0 amide bonds. The van der Waals surface area contributed by atoms with Crippen molar-refractivity contribution in [2.45, 2.75) is 78.8 Å². The second-order valence-electron chi connectivity index (χ2n) is 4.29.